The van der Waals surface area contributed by atoms with Gasteiger partial charge in [0.15, 0.2) is 0 Å². The van der Waals surface area contributed by atoms with E-state index in [4.69, 9.17) is 0 Å². The molecule has 0 amide bonds. The molecular formula is C11H16F2N2O2S. The standard InChI is InChI=1S/C11H16F2N2O2S/c1-14-7-2-3-8-18(16,17)15-11-9(12)5-4-6-10(11)13/h4-6,14-15H,2-3,7-8H2,1H3. The van der Waals surface area contributed by atoms with Crippen LogP contribution in [0.15, 0.2) is 18.2 Å². The molecule has 0 saturated carbocycles. The Labute approximate surface area is 105 Å². The van der Waals surface area contributed by atoms with Gasteiger partial charge >= 0.3 is 0 Å². The van der Waals surface area contributed by atoms with Gasteiger partial charge in [-0.2, -0.15) is 0 Å². The molecule has 1 aromatic carbocycles. The van der Waals surface area contributed by atoms with Crippen LogP contribution in [0.25, 0.3) is 0 Å². The molecule has 0 atom stereocenters. The summed E-state index contributed by atoms with van der Waals surface area (Å²) in [6, 6.07) is 3.18. The van der Waals surface area contributed by atoms with Gasteiger partial charge in [0.25, 0.3) is 0 Å². The first kappa shape index (κ1) is 14.8. The van der Waals surface area contributed by atoms with Crippen LogP contribution in [0.5, 0.6) is 0 Å². The molecule has 0 aliphatic rings. The molecule has 102 valence electrons. The largest absolute Gasteiger partial charge is 0.320 e. The first-order chi connectivity index (χ1) is 8.46. The molecule has 4 nitrogen and oxygen atoms in total. The molecule has 18 heavy (non-hydrogen) atoms. The zero-order valence-electron chi connectivity index (χ0n) is 10.0. The maximum absolute atomic E-state index is 13.2. The van der Waals surface area contributed by atoms with Crippen molar-refractivity contribution in [3.8, 4) is 0 Å². The molecule has 0 spiro atoms. The molecule has 0 saturated heterocycles. The Kier molecular flexibility index (Phi) is 5.49. The SMILES string of the molecule is CNCCCCS(=O)(=O)Nc1c(F)cccc1F. The maximum Gasteiger partial charge on any atom is 0.232 e. The van der Waals surface area contributed by atoms with Gasteiger partial charge in [-0.05, 0) is 38.6 Å². The van der Waals surface area contributed by atoms with Crippen LogP contribution in [0.4, 0.5) is 14.5 Å². The summed E-state index contributed by atoms with van der Waals surface area (Å²) in [5.74, 6) is -2.01. The second kappa shape index (κ2) is 6.65. The average Bonchev–Trinajstić information content (AvgIpc) is 2.30. The Balaban J connectivity index is 2.65. The van der Waals surface area contributed by atoms with Crippen molar-refractivity contribution in [2.24, 2.45) is 0 Å². The summed E-state index contributed by atoms with van der Waals surface area (Å²) in [6.07, 6.45) is 1.10. The number of para-hydroxylation sites is 1. The van der Waals surface area contributed by atoms with E-state index in [1.165, 1.54) is 6.07 Å². The fourth-order valence-electron chi connectivity index (χ4n) is 1.40. The number of hydrogen-bond acceptors (Lipinski definition) is 3. The van der Waals surface area contributed by atoms with Crippen molar-refractivity contribution in [3.05, 3.63) is 29.8 Å². The number of anilines is 1. The van der Waals surface area contributed by atoms with E-state index in [1.807, 2.05) is 4.72 Å². The monoisotopic (exact) mass is 278 g/mol. The molecule has 0 radical (unpaired) electrons. The van der Waals surface area contributed by atoms with Crippen molar-refractivity contribution in [3.63, 3.8) is 0 Å². The van der Waals surface area contributed by atoms with E-state index >= 15 is 0 Å². The molecule has 0 aromatic heterocycles. The fourth-order valence-corrected chi connectivity index (χ4v) is 2.59. The Morgan fingerprint density at radius 2 is 1.78 bits per heavy atom. The average molecular weight is 278 g/mol. The van der Waals surface area contributed by atoms with Gasteiger partial charge in [-0.3, -0.25) is 4.72 Å². The third-order valence-corrected chi connectivity index (χ3v) is 3.65. The third-order valence-electron chi connectivity index (χ3n) is 2.31. The highest BCUT2D eigenvalue weighted by molar-refractivity contribution is 7.92. The zero-order valence-corrected chi connectivity index (χ0v) is 10.9. The van der Waals surface area contributed by atoms with Crippen LogP contribution < -0.4 is 10.0 Å². The van der Waals surface area contributed by atoms with Crippen LogP contribution in [0, 0.1) is 11.6 Å². The minimum atomic E-state index is -3.72. The van der Waals surface area contributed by atoms with Gasteiger partial charge in [-0.15, -0.1) is 0 Å². The highest BCUT2D eigenvalue weighted by atomic mass is 32.2. The molecule has 0 bridgehead atoms. The van der Waals surface area contributed by atoms with Crippen molar-refractivity contribution >= 4 is 15.7 Å². The topological polar surface area (TPSA) is 58.2 Å². The lowest BCUT2D eigenvalue weighted by atomic mass is 10.3. The van der Waals surface area contributed by atoms with Crippen molar-refractivity contribution in [1.82, 2.24) is 5.32 Å². The number of sulfonamides is 1. The number of nitrogens with one attached hydrogen (secondary N) is 2. The molecule has 2 N–H and O–H groups in total. The first-order valence-corrected chi connectivity index (χ1v) is 7.20. The van der Waals surface area contributed by atoms with E-state index in [9.17, 15) is 17.2 Å². The van der Waals surface area contributed by atoms with E-state index in [-0.39, 0.29) is 5.75 Å². The first-order valence-electron chi connectivity index (χ1n) is 5.55. The van der Waals surface area contributed by atoms with Crippen molar-refractivity contribution in [2.45, 2.75) is 12.8 Å². The summed E-state index contributed by atoms with van der Waals surface area (Å²) < 4.78 is 51.6. The van der Waals surface area contributed by atoms with Gasteiger partial charge in [-0.25, -0.2) is 17.2 Å². The number of halogens is 2. The number of hydrogen-bond donors (Lipinski definition) is 2. The minimum absolute atomic E-state index is 0.164. The van der Waals surface area contributed by atoms with Crippen molar-refractivity contribution < 1.29 is 17.2 Å². The summed E-state index contributed by atoms with van der Waals surface area (Å²) >= 11 is 0. The molecule has 1 rings (SSSR count). The van der Waals surface area contributed by atoms with Crippen LogP contribution in [-0.2, 0) is 10.0 Å². The summed E-state index contributed by atoms with van der Waals surface area (Å²) in [5, 5.41) is 2.89. The number of unbranched alkanes of at least 4 members (excludes halogenated alkanes) is 1. The highest BCUT2D eigenvalue weighted by Gasteiger charge is 2.16. The highest BCUT2D eigenvalue weighted by Crippen LogP contribution is 2.19. The second-order valence-corrected chi connectivity index (χ2v) is 5.67. The Morgan fingerprint density at radius 3 is 2.33 bits per heavy atom. The molecule has 0 fully saturated rings. The lowest BCUT2D eigenvalue weighted by Gasteiger charge is -2.09. The molecule has 0 aliphatic heterocycles. The van der Waals surface area contributed by atoms with Crippen LogP contribution in [0.3, 0.4) is 0 Å². The van der Waals surface area contributed by atoms with Crippen LogP contribution in [-0.4, -0.2) is 27.8 Å². The van der Waals surface area contributed by atoms with Gasteiger partial charge in [0.1, 0.15) is 17.3 Å². The summed E-state index contributed by atoms with van der Waals surface area (Å²) in [5.41, 5.74) is -0.619. The molecule has 7 heteroatoms. The summed E-state index contributed by atoms with van der Waals surface area (Å²) in [6.45, 7) is 0.698. The Hall–Kier alpha value is -1.21. The van der Waals surface area contributed by atoms with E-state index in [2.05, 4.69) is 5.32 Å². The molecule has 1 aromatic rings. The van der Waals surface area contributed by atoms with Gasteiger partial charge in [0.05, 0.1) is 5.75 Å². The third kappa shape index (κ3) is 4.58. The number of rotatable bonds is 7. The lowest BCUT2D eigenvalue weighted by Crippen LogP contribution is -2.19. The maximum atomic E-state index is 13.2. The molecule has 0 aliphatic carbocycles. The Morgan fingerprint density at radius 1 is 1.17 bits per heavy atom. The van der Waals surface area contributed by atoms with Crippen LogP contribution in [0.2, 0.25) is 0 Å². The summed E-state index contributed by atoms with van der Waals surface area (Å²) in [7, 11) is -1.95. The second-order valence-electron chi connectivity index (χ2n) is 3.83. The van der Waals surface area contributed by atoms with Gasteiger partial charge in [0, 0.05) is 0 Å². The molecule has 0 unspecified atom stereocenters. The zero-order chi connectivity index (χ0) is 13.6. The fraction of sp³-hybridized carbons (Fsp3) is 0.455. The minimum Gasteiger partial charge on any atom is -0.320 e. The predicted octanol–water partition coefficient (Wildman–Crippen LogP) is 1.71. The lowest BCUT2D eigenvalue weighted by molar-refractivity contribution is 0.580. The van der Waals surface area contributed by atoms with E-state index in [0.717, 1.165) is 12.1 Å². The van der Waals surface area contributed by atoms with E-state index < -0.39 is 27.3 Å². The predicted molar refractivity (Wildman–Crippen MR) is 66.9 cm³/mol. The summed E-state index contributed by atoms with van der Waals surface area (Å²) in [4.78, 5) is 0. The molecule has 0 heterocycles. The van der Waals surface area contributed by atoms with Crippen LogP contribution in [0.1, 0.15) is 12.8 Å². The van der Waals surface area contributed by atoms with E-state index in [0.29, 0.717) is 19.4 Å². The Bertz CT molecular complexity index is 472. The quantitative estimate of drug-likeness (QED) is 0.746. The smallest absolute Gasteiger partial charge is 0.232 e. The van der Waals surface area contributed by atoms with Gasteiger partial charge in [-0.1, -0.05) is 6.07 Å². The van der Waals surface area contributed by atoms with E-state index in [1.54, 1.807) is 7.05 Å². The molecular weight excluding hydrogens is 262 g/mol. The van der Waals surface area contributed by atoms with Gasteiger partial charge in [0.2, 0.25) is 10.0 Å². The normalized spacial score (nSPS) is 11.5. The van der Waals surface area contributed by atoms with Crippen molar-refractivity contribution in [1.29, 1.82) is 0 Å². The van der Waals surface area contributed by atoms with Crippen molar-refractivity contribution in [2.75, 3.05) is 24.1 Å². The number of benzene rings is 1. The van der Waals surface area contributed by atoms with Crippen LogP contribution >= 0.6 is 0 Å². The van der Waals surface area contributed by atoms with Gasteiger partial charge < -0.3 is 5.32 Å².